The fourth-order valence-corrected chi connectivity index (χ4v) is 2.19. The number of H-pyrrole nitrogens is 1. The molecule has 0 aliphatic rings. The van der Waals surface area contributed by atoms with E-state index in [2.05, 4.69) is 26.2 Å². The summed E-state index contributed by atoms with van der Waals surface area (Å²) in [6.45, 7) is 0. The Balaban J connectivity index is 1.71. The lowest BCUT2D eigenvalue weighted by Gasteiger charge is -2.06. The molecule has 2 heterocycles. The van der Waals surface area contributed by atoms with E-state index in [4.69, 9.17) is 4.74 Å². The summed E-state index contributed by atoms with van der Waals surface area (Å²) in [5, 5.41) is 7.22. The van der Waals surface area contributed by atoms with E-state index in [0.29, 0.717) is 5.82 Å². The molecule has 3 aromatic rings. The minimum Gasteiger partial charge on any atom is -0.496 e. The predicted molar refractivity (Wildman–Crippen MR) is 80.0 cm³/mol. The summed E-state index contributed by atoms with van der Waals surface area (Å²) in [6, 6.07) is 11.8. The van der Waals surface area contributed by atoms with Crippen LogP contribution in [-0.4, -0.2) is 27.3 Å². The van der Waals surface area contributed by atoms with Crippen molar-refractivity contribution in [2.24, 2.45) is 0 Å². The molecule has 0 amide bonds. The molecule has 106 valence electrons. The van der Waals surface area contributed by atoms with Crippen molar-refractivity contribution in [3.63, 3.8) is 0 Å². The van der Waals surface area contributed by atoms with E-state index >= 15 is 0 Å². The topological polar surface area (TPSA) is 63.7 Å². The van der Waals surface area contributed by atoms with E-state index in [9.17, 15) is 0 Å². The van der Waals surface area contributed by atoms with E-state index in [0.717, 1.165) is 30.0 Å². The Bertz CT molecular complexity index is 709. The molecule has 2 aromatic heterocycles. The molecule has 0 bridgehead atoms. The Morgan fingerprint density at radius 3 is 2.81 bits per heavy atom. The highest BCUT2D eigenvalue weighted by atomic mass is 16.5. The summed E-state index contributed by atoms with van der Waals surface area (Å²) in [7, 11) is 1.69. The number of pyridine rings is 1. The van der Waals surface area contributed by atoms with Gasteiger partial charge in [0.2, 0.25) is 0 Å². The SMILES string of the molecule is COc1ccccc1CCc1nc(-c2cccnc2)n[nH]1. The minimum absolute atomic E-state index is 0.679. The van der Waals surface area contributed by atoms with Crippen LogP contribution in [0.5, 0.6) is 5.75 Å². The molecular formula is C16H16N4O. The summed E-state index contributed by atoms with van der Waals surface area (Å²) >= 11 is 0. The first-order valence-corrected chi connectivity index (χ1v) is 6.80. The molecule has 0 saturated carbocycles. The number of rotatable bonds is 5. The molecule has 3 rings (SSSR count). The smallest absolute Gasteiger partial charge is 0.182 e. The van der Waals surface area contributed by atoms with E-state index in [1.165, 1.54) is 5.56 Å². The maximum absolute atomic E-state index is 5.35. The molecule has 0 saturated heterocycles. The Morgan fingerprint density at radius 1 is 1.10 bits per heavy atom. The fraction of sp³-hybridized carbons (Fsp3) is 0.188. The Hall–Kier alpha value is -2.69. The molecule has 0 fully saturated rings. The van der Waals surface area contributed by atoms with Crippen LogP contribution in [0.3, 0.4) is 0 Å². The normalized spacial score (nSPS) is 10.5. The van der Waals surface area contributed by atoms with Crippen LogP contribution in [0, 0.1) is 0 Å². The first-order chi connectivity index (χ1) is 10.4. The van der Waals surface area contributed by atoms with Crippen molar-refractivity contribution in [1.82, 2.24) is 20.2 Å². The van der Waals surface area contributed by atoms with Gasteiger partial charge in [0.1, 0.15) is 11.6 Å². The molecule has 5 nitrogen and oxygen atoms in total. The Labute approximate surface area is 123 Å². The van der Waals surface area contributed by atoms with Gasteiger partial charge in [0.15, 0.2) is 5.82 Å². The van der Waals surface area contributed by atoms with Gasteiger partial charge in [-0.1, -0.05) is 18.2 Å². The summed E-state index contributed by atoms with van der Waals surface area (Å²) in [4.78, 5) is 8.58. The standard InChI is InChI=1S/C16H16N4O/c1-21-14-7-3-2-5-12(14)8-9-15-18-16(20-19-15)13-6-4-10-17-11-13/h2-7,10-11H,8-9H2,1H3,(H,18,19,20). The number of aromatic nitrogens is 4. The van der Waals surface area contributed by atoms with Gasteiger partial charge in [-0.25, -0.2) is 4.98 Å². The molecule has 0 aliphatic carbocycles. The summed E-state index contributed by atoms with van der Waals surface area (Å²) < 4.78 is 5.35. The maximum atomic E-state index is 5.35. The van der Waals surface area contributed by atoms with Crippen molar-refractivity contribution in [1.29, 1.82) is 0 Å². The van der Waals surface area contributed by atoms with Crippen molar-refractivity contribution in [3.05, 3.63) is 60.2 Å². The predicted octanol–water partition coefficient (Wildman–Crippen LogP) is 2.66. The van der Waals surface area contributed by atoms with Gasteiger partial charge >= 0.3 is 0 Å². The molecule has 0 unspecified atom stereocenters. The molecule has 0 radical (unpaired) electrons. The van der Waals surface area contributed by atoms with Crippen LogP contribution in [0.25, 0.3) is 11.4 Å². The van der Waals surface area contributed by atoms with Crippen LogP contribution in [-0.2, 0) is 12.8 Å². The Kier molecular flexibility index (Phi) is 3.91. The molecular weight excluding hydrogens is 264 g/mol. The van der Waals surface area contributed by atoms with Crippen LogP contribution in [0.1, 0.15) is 11.4 Å². The van der Waals surface area contributed by atoms with Crippen LogP contribution in [0.15, 0.2) is 48.8 Å². The van der Waals surface area contributed by atoms with Gasteiger partial charge < -0.3 is 4.74 Å². The van der Waals surface area contributed by atoms with Crippen molar-refractivity contribution >= 4 is 0 Å². The molecule has 5 heteroatoms. The molecule has 21 heavy (non-hydrogen) atoms. The number of hydrogen-bond acceptors (Lipinski definition) is 4. The second kappa shape index (κ2) is 6.17. The lowest BCUT2D eigenvalue weighted by molar-refractivity contribution is 0.409. The van der Waals surface area contributed by atoms with E-state index in [-0.39, 0.29) is 0 Å². The number of hydrogen-bond donors (Lipinski definition) is 1. The quantitative estimate of drug-likeness (QED) is 0.780. The molecule has 0 spiro atoms. The fourth-order valence-electron chi connectivity index (χ4n) is 2.19. The zero-order valence-electron chi connectivity index (χ0n) is 11.8. The maximum Gasteiger partial charge on any atom is 0.182 e. The molecule has 1 aromatic carbocycles. The number of nitrogens with one attached hydrogen (secondary N) is 1. The van der Waals surface area contributed by atoms with E-state index in [1.807, 2.05) is 30.3 Å². The molecule has 0 atom stereocenters. The number of para-hydroxylation sites is 1. The minimum atomic E-state index is 0.679. The van der Waals surface area contributed by atoms with Crippen LogP contribution < -0.4 is 4.74 Å². The zero-order chi connectivity index (χ0) is 14.5. The third-order valence-corrected chi connectivity index (χ3v) is 3.28. The number of aromatic amines is 1. The summed E-state index contributed by atoms with van der Waals surface area (Å²) in [5.74, 6) is 2.45. The van der Waals surface area contributed by atoms with E-state index < -0.39 is 0 Å². The van der Waals surface area contributed by atoms with E-state index in [1.54, 1.807) is 19.5 Å². The average Bonchev–Trinajstić information content (AvgIpc) is 3.03. The van der Waals surface area contributed by atoms with Crippen molar-refractivity contribution in [3.8, 4) is 17.1 Å². The van der Waals surface area contributed by atoms with Crippen molar-refractivity contribution in [2.45, 2.75) is 12.8 Å². The number of aryl methyl sites for hydroxylation is 2. The van der Waals surface area contributed by atoms with Crippen LogP contribution in [0.4, 0.5) is 0 Å². The van der Waals surface area contributed by atoms with Gasteiger partial charge in [-0.05, 0) is 30.2 Å². The highest BCUT2D eigenvalue weighted by molar-refractivity contribution is 5.52. The first-order valence-electron chi connectivity index (χ1n) is 6.80. The van der Waals surface area contributed by atoms with Crippen LogP contribution >= 0.6 is 0 Å². The van der Waals surface area contributed by atoms with Crippen LogP contribution in [0.2, 0.25) is 0 Å². The lowest BCUT2D eigenvalue weighted by Crippen LogP contribution is -1.96. The number of benzene rings is 1. The third kappa shape index (κ3) is 3.08. The van der Waals surface area contributed by atoms with Crippen molar-refractivity contribution in [2.75, 3.05) is 7.11 Å². The highest BCUT2D eigenvalue weighted by Crippen LogP contribution is 2.19. The first kappa shape index (κ1) is 13.3. The number of ether oxygens (including phenoxy) is 1. The van der Waals surface area contributed by atoms with Gasteiger partial charge in [0.25, 0.3) is 0 Å². The number of methoxy groups -OCH3 is 1. The van der Waals surface area contributed by atoms with Gasteiger partial charge in [-0.3, -0.25) is 10.1 Å². The van der Waals surface area contributed by atoms with Gasteiger partial charge in [0.05, 0.1) is 7.11 Å². The van der Waals surface area contributed by atoms with Gasteiger partial charge in [-0.2, -0.15) is 5.10 Å². The monoisotopic (exact) mass is 280 g/mol. The zero-order valence-corrected chi connectivity index (χ0v) is 11.8. The second-order valence-electron chi connectivity index (χ2n) is 4.66. The molecule has 1 N–H and O–H groups in total. The largest absolute Gasteiger partial charge is 0.496 e. The second-order valence-corrected chi connectivity index (χ2v) is 4.66. The van der Waals surface area contributed by atoms with Crippen molar-refractivity contribution < 1.29 is 4.74 Å². The third-order valence-electron chi connectivity index (χ3n) is 3.28. The summed E-state index contributed by atoms with van der Waals surface area (Å²) in [5.41, 5.74) is 2.08. The lowest BCUT2D eigenvalue weighted by atomic mass is 10.1. The highest BCUT2D eigenvalue weighted by Gasteiger charge is 2.07. The van der Waals surface area contributed by atoms with Gasteiger partial charge in [-0.15, -0.1) is 0 Å². The molecule has 0 aliphatic heterocycles. The Morgan fingerprint density at radius 2 is 2.00 bits per heavy atom. The van der Waals surface area contributed by atoms with Gasteiger partial charge in [0, 0.05) is 24.4 Å². The number of nitrogens with zero attached hydrogens (tertiary/aromatic N) is 3. The average molecular weight is 280 g/mol. The summed E-state index contributed by atoms with van der Waals surface area (Å²) in [6.07, 6.45) is 5.13.